The van der Waals surface area contributed by atoms with E-state index < -0.39 is 23.0 Å². The summed E-state index contributed by atoms with van der Waals surface area (Å²) in [6.45, 7) is 4.77. The van der Waals surface area contributed by atoms with Crippen LogP contribution in [0.2, 0.25) is 0 Å². The van der Waals surface area contributed by atoms with Crippen molar-refractivity contribution in [2.75, 3.05) is 20.7 Å². The van der Waals surface area contributed by atoms with Gasteiger partial charge in [-0.25, -0.2) is 0 Å². The van der Waals surface area contributed by atoms with Crippen molar-refractivity contribution in [1.82, 2.24) is 10.2 Å². The van der Waals surface area contributed by atoms with E-state index in [1.807, 2.05) is 19.9 Å². The van der Waals surface area contributed by atoms with Crippen molar-refractivity contribution in [3.05, 3.63) is 23.3 Å². The number of likely N-dealkylation sites (tertiary alicyclic amines) is 1. The first-order valence-electron chi connectivity index (χ1n) is 11.0. The number of methoxy groups -OCH3 is 1. The van der Waals surface area contributed by atoms with E-state index in [1.54, 1.807) is 13.2 Å². The molecule has 6 atom stereocenters. The monoisotopic (exact) mass is 416 g/mol. The molecule has 1 aromatic carbocycles. The molecular weight excluding hydrogens is 384 g/mol. The lowest BCUT2D eigenvalue weighted by Crippen LogP contribution is -2.78. The summed E-state index contributed by atoms with van der Waals surface area (Å²) in [6.07, 6.45) is 3.05. The Labute approximate surface area is 177 Å². The Morgan fingerprint density at radius 3 is 2.80 bits per heavy atom. The second-order valence-corrected chi connectivity index (χ2v) is 9.87. The molecule has 0 radical (unpaired) electrons. The van der Waals surface area contributed by atoms with Crippen LogP contribution < -0.4 is 10.1 Å². The number of carboxylic acid groups (broad SMARTS) is 1. The molecule has 30 heavy (non-hydrogen) atoms. The van der Waals surface area contributed by atoms with Crippen molar-refractivity contribution in [3.8, 4) is 11.5 Å². The van der Waals surface area contributed by atoms with Crippen LogP contribution in [0.5, 0.6) is 11.5 Å². The number of nitrogens with one attached hydrogen (secondary N) is 1. The fourth-order valence-electron chi connectivity index (χ4n) is 7.09. The first-order chi connectivity index (χ1) is 14.3. The van der Waals surface area contributed by atoms with Crippen molar-refractivity contribution in [2.45, 2.75) is 74.8 Å². The van der Waals surface area contributed by atoms with E-state index in [2.05, 4.69) is 17.3 Å². The number of ether oxygens (including phenoxy) is 2. The first-order valence-corrected chi connectivity index (χ1v) is 11.0. The highest BCUT2D eigenvalue weighted by molar-refractivity contribution is 5.74. The summed E-state index contributed by atoms with van der Waals surface area (Å²) in [4.78, 5) is 14.3. The molecule has 2 heterocycles. The summed E-state index contributed by atoms with van der Waals surface area (Å²) in [5.74, 6) is -0.141. The maximum atomic E-state index is 11.9. The highest BCUT2D eigenvalue weighted by atomic mass is 16.5. The number of carbonyl (C=O) groups is 1. The summed E-state index contributed by atoms with van der Waals surface area (Å²) in [5, 5.41) is 23.9. The van der Waals surface area contributed by atoms with Gasteiger partial charge in [-0.3, -0.25) is 10.1 Å². The Kier molecular flexibility index (Phi) is 4.41. The van der Waals surface area contributed by atoms with E-state index in [1.165, 1.54) is 5.56 Å². The molecule has 1 saturated heterocycles. The number of aliphatic carboxylic acids is 1. The van der Waals surface area contributed by atoms with Crippen molar-refractivity contribution in [2.24, 2.45) is 5.92 Å². The van der Waals surface area contributed by atoms with Crippen molar-refractivity contribution in [1.29, 1.82) is 0 Å². The summed E-state index contributed by atoms with van der Waals surface area (Å²) in [6, 6.07) is 3.21. The van der Waals surface area contributed by atoms with Gasteiger partial charge in [0.15, 0.2) is 11.5 Å². The summed E-state index contributed by atoms with van der Waals surface area (Å²) in [5.41, 5.74) is 1.51. The summed E-state index contributed by atoms with van der Waals surface area (Å²) < 4.78 is 13.0. The number of carboxylic acids is 1. The number of phenolic OH excluding ortho intramolecular Hbond substituents is 1. The Bertz CT molecular complexity index is 889. The summed E-state index contributed by atoms with van der Waals surface area (Å²) >= 11 is 0. The fraction of sp³-hybridized carbons (Fsp3) is 0.696. The number of likely N-dealkylation sites (N-methyl/N-ethyl adjacent to an activating group) is 1. The van der Waals surface area contributed by atoms with Gasteiger partial charge in [-0.05, 0) is 56.8 Å². The lowest BCUT2D eigenvalue weighted by molar-refractivity contribution is -0.204. The topological polar surface area (TPSA) is 91.3 Å². The molecule has 3 N–H and O–H groups in total. The standard InChI is InChI=1S/C23H32N2O5/c1-12(2)18(21(27)28)24-14-7-8-23(29-4)16-11-13-5-6-15(26)19-17(13)22(23,20(14)30-19)9-10-25(16)3/h5-6,12,14,16,18,20,24,26H,7-11H2,1-4H3,(H,27,28)/t14?,16-,18+,20?,22+,23-/m1/s1. The highest BCUT2D eigenvalue weighted by Gasteiger charge is 2.73. The maximum absolute atomic E-state index is 11.9. The molecular formula is C23H32N2O5. The van der Waals surface area contributed by atoms with Crippen molar-refractivity contribution < 1.29 is 24.5 Å². The molecule has 1 saturated carbocycles. The molecule has 2 unspecified atom stereocenters. The van der Waals surface area contributed by atoms with Gasteiger partial charge in [-0.2, -0.15) is 0 Å². The molecule has 1 aromatic rings. The number of benzene rings is 1. The molecule has 2 aliphatic heterocycles. The Morgan fingerprint density at radius 1 is 1.37 bits per heavy atom. The molecule has 2 aliphatic carbocycles. The number of nitrogens with zero attached hydrogens (tertiary/aromatic N) is 1. The minimum Gasteiger partial charge on any atom is -0.504 e. The smallest absolute Gasteiger partial charge is 0.320 e. The normalized spacial score (nSPS) is 37.6. The van der Waals surface area contributed by atoms with E-state index in [9.17, 15) is 15.0 Å². The molecule has 0 aromatic heterocycles. The number of aromatic hydroxyl groups is 1. The van der Waals surface area contributed by atoms with E-state index >= 15 is 0 Å². The van der Waals surface area contributed by atoms with Crippen LogP contribution in [0.3, 0.4) is 0 Å². The second kappa shape index (κ2) is 6.58. The van der Waals surface area contributed by atoms with Crippen molar-refractivity contribution >= 4 is 5.97 Å². The van der Waals surface area contributed by atoms with E-state index in [0.29, 0.717) is 5.75 Å². The SMILES string of the molecule is CO[C@@]12CCC(N[C@H](C(=O)O)C(C)C)C3Oc4c(O)ccc5c4[C@@]31CCN(C)[C@@H]2C5. The third-order valence-electron chi connectivity index (χ3n) is 8.38. The molecule has 7 nitrogen and oxygen atoms in total. The number of rotatable bonds is 5. The van der Waals surface area contributed by atoms with Crippen LogP contribution in [-0.2, 0) is 21.4 Å². The van der Waals surface area contributed by atoms with Gasteiger partial charge in [0, 0.05) is 24.8 Å². The third kappa shape index (κ3) is 2.29. The van der Waals surface area contributed by atoms with Crippen molar-refractivity contribution in [3.63, 3.8) is 0 Å². The molecule has 164 valence electrons. The third-order valence-corrected chi connectivity index (χ3v) is 8.38. The van der Waals surface area contributed by atoms with Crippen LogP contribution in [0.15, 0.2) is 12.1 Å². The largest absolute Gasteiger partial charge is 0.504 e. The van der Waals surface area contributed by atoms with E-state index in [-0.39, 0.29) is 29.9 Å². The van der Waals surface area contributed by atoms with Crippen LogP contribution in [0.4, 0.5) is 0 Å². The number of hydrogen-bond donors (Lipinski definition) is 3. The van der Waals surface area contributed by atoms with Gasteiger partial charge in [0.2, 0.25) is 0 Å². The van der Waals surface area contributed by atoms with E-state index in [4.69, 9.17) is 9.47 Å². The van der Waals surface area contributed by atoms with Crippen LogP contribution in [0, 0.1) is 5.92 Å². The van der Waals surface area contributed by atoms with Crippen LogP contribution >= 0.6 is 0 Å². The lowest BCUT2D eigenvalue weighted by Gasteiger charge is -2.65. The number of piperidine rings is 1. The van der Waals surface area contributed by atoms with Gasteiger partial charge in [0.1, 0.15) is 12.1 Å². The predicted molar refractivity (Wildman–Crippen MR) is 111 cm³/mol. The fourth-order valence-corrected chi connectivity index (χ4v) is 7.09. The zero-order chi connectivity index (χ0) is 21.4. The lowest BCUT2D eigenvalue weighted by atomic mass is 9.48. The maximum Gasteiger partial charge on any atom is 0.320 e. The number of hydrogen-bond acceptors (Lipinski definition) is 6. The minimum atomic E-state index is -0.838. The molecule has 1 spiro atoms. The van der Waals surface area contributed by atoms with Gasteiger partial charge in [0.05, 0.1) is 11.0 Å². The average Bonchev–Trinajstić information content (AvgIpc) is 3.06. The van der Waals surface area contributed by atoms with Gasteiger partial charge >= 0.3 is 5.97 Å². The van der Waals surface area contributed by atoms with Gasteiger partial charge in [-0.15, -0.1) is 0 Å². The highest BCUT2D eigenvalue weighted by Crippen LogP contribution is 2.66. The van der Waals surface area contributed by atoms with Gasteiger partial charge in [0.25, 0.3) is 0 Å². The average molecular weight is 417 g/mol. The second-order valence-electron chi connectivity index (χ2n) is 9.87. The molecule has 4 aliphatic rings. The van der Waals surface area contributed by atoms with Gasteiger partial charge in [-0.1, -0.05) is 19.9 Å². The van der Waals surface area contributed by atoms with Crippen LogP contribution in [0.1, 0.15) is 44.2 Å². The Hall–Kier alpha value is -1.83. The minimum absolute atomic E-state index is 0.0431. The first kappa shape index (κ1) is 20.1. The van der Waals surface area contributed by atoms with Crippen LogP contribution in [-0.4, -0.2) is 71.6 Å². The van der Waals surface area contributed by atoms with Gasteiger partial charge < -0.3 is 24.6 Å². The van der Waals surface area contributed by atoms with Crippen LogP contribution in [0.25, 0.3) is 0 Å². The zero-order valence-electron chi connectivity index (χ0n) is 18.1. The number of phenols is 1. The molecule has 2 fully saturated rings. The van der Waals surface area contributed by atoms with E-state index in [0.717, 1.165) is 37.8 Å². The molecule has 0 amide bonds. The predicted octanol–water partition coefficient (Wildman–Crippen LogP) is 1.90. The zero-order valence-corrected chi connectivity index (χ0v) is 18.1. The summed E-state index contributed by atoms with van der Waals surface area (Å²) in [7, 11) is 3.97. The molecule has 7 heteroatoms. The Balaban J connectivity index is 1.67. The quantitative estimate of drug-likeness (QED) is 0.675. The molecule has 5 rings (SSSR count). The molecule has 2 bridgehead atoms. The Morgan fingerprint density at radius 2 is 2.13 bits per heavy atom.